The maximum Gasteiger partial charge on any atom is 0.323 e. The number of rotatable bonds is 5. The first-order valence-corrected chi connectivity index (χ1v) is 7.76. The van der Waals surface area contributed by atoms with Gasteiger partial charge < -0.3 is 9.64 Å². The number of methoxy groups -OCH3 is 1. The van der Waals surface area contributed by atoms with Crippen LogP contribution in [0.25, 0.3) is 11.3 Å². The lowest BCUT2D eigenvalue weighted by Gasteiger charge is -2.17. The van der Waals surface area contributed by atoms with Gasteiger partial charge in [-0.3, -0.25) is 15.4 Å². The standard InChI is InChI=1S/C18H19N5O2/c1-23(12-13-4-3-5-15(10-13)25-2)18(24)20-17-11-16(21-22-17)14-6-8-19-9-7-14/h3-11H,12H2,1-2H3,(H2,20,21,22,24). The van der Waals surface area contributed by atoms with Crippen LogP contribution in [-0.4, -0.2) is 40.3 Å². The number of hydrogen-bond acceptors (Lipinski definition) is 4. The molecular weight excluding hydrogens is 318 g/mol. The number of aromatic nitrogens is 3. The molecule has 3 rings (SSSR count). The van der Waals surface area contributed by atoms with Crippen LogP contribution in [-0.2, 0) is 6.54 Å². The van der Waals surface area contributed by atoms with E-state index in [0.717, 1.165) is 22.6 Å². The van der Waals surface area contributed by atoms with Gasteiger partial charge in [-0.2, -0.15) is 5.10 Å². The van der Waals surface area contributed by atoms with E-state index >= 15 is 0 Å². The summed E-state index contributed by atoms with van der Waals surface area (Å²) in [5.74, 6) is 1.23. The van der Waals surface area contributed by atoms with Crippen molar-refractivity contribution in [2.75, 3.05) is 19.5 Å². The lowest BCUT2D eigenvalue weighted by Crippen LogP contribution is -2.30. The SMILES string of the molecule is COc1cccc(CN(C)C(=O)Nc2cc(-c3ccncc3)[nH]n2)c1. The summed E-state index contributed by atoms with van der Waals surface area (Å²) in [5.41, 5.74) is 2.75. The number of ether oxygens (including phenoxy) is 1. The quantitative estimate of drug-likeness (QED) is 0.749. The number of amides is 2. The van der Waals surface area contributed by atoms with Crippen molar-refractivity contribution in [2.45, 2.75) is 6.54 Å². The van der Waals surface area contributed by atoms with Crippen molar-refractivity contribution in [1.82, 2.24) is 20.1 Å². The maximum absolute atomic E-state index is 12.3. The van der Waals surface area contributed by atoms with E-state index in [1.165, 1.54) is 0 Å². The number of benzene rings is 1. The van der Waals surface area contributed by atoms with E-state index < -0.39 is 0 Å². The molecule has 0 fully saturated rings. The van der Waals surface area contributed by atoms with Crippen LogP contribution < -0.4 is 10.1 Å². The third-order valence-electron chi connectivity index (χ3n) is 3.70. The Hall–Kier alpha value is -3.35. The Labute approximate surface area is 145 Å². The molecule has 128 valence electrons. The number of aromatic amines is 1. The zero-order chi connectivity index (χ0) is 17.6. The fourth-order valence-corrected chi connectivity index (χ4v) is 2.39. The van der Waals surface area contributed by atoms with Crippen LogP contribution in [0.2, 0.25) is 0 Å². The number of carbonyl (C=O) groups excluding carboxylic acids is 1. The molecule has 2 N–H and O–H groups in total. The Morgan fingerprint density at radius 2 is 2.04 bits per heavy atom. The summed E-state index contributed by atoms with van der Waals surface area (Å²) in [7, 11) is 3.35. The van der Waals surface area contributed by atoms with Crippen molar-refractivity contribution in [1.29, 1.82) is 0 Å². The molecule has 0 spiro atoms. The monoisotopic (exact) mass is 337 g/mol. The fourth-order valence-electron chi connectivity index (χ4n) is 2.39. The first-order valence-electron chi connectivity index (χ1n) is 7.76. The Kier molecular flexibility index (Phi) is 4.94. The number of hydrogen-bond donors (Lipinski definition) is 2. The van der Waals surface area contributed by atoms with Crippen LogP contribution in [0.5, 0.6) is 5.75 Å². The lowest BCUT2D eigenvalue weighted by atomic mass is 10.2. The summed E-state index contributed by atoms with van der Waals surface area (Å²) in [5, 5.41) is 9.81. The molecule has 7 nitrogen and oxygen atoms in total. The molecule has 0 bridgehead atoms. The van der Waals surface area contributed by atoms with Gasteiger partial charge in [0.25, 0.3) is 0 Å². The molecule has 0 aliphatic carbocycles. The molecule has 0 unspecified atom stereocenters. The van der Waals surface area contributed by atoms with Gasteiger partial charge in [0.1, 0.15) is 5.75 Å². The van der Waals surface area contributed by atoms with Crippen LogP contribution in [0.15, 0.2) is 54.9 Å². The van der Waals surface area contributed by atoms with Crippen molar-refractivity contribution in [3.8, 4) is 17.0 Å². The van der Waals surface area contributed by atoms with E-state index in [4.69, 9.17) is 4.74 Å². The van der Waals surface area contributed by atoms with Crippen molar-refractivity contribution < 1.29 is 9.53 Å². The van der Waals surface area contributed by atoms with E-state index in [0.29, 0.717) is 12.4 Å². The van der Waals surface area contributed by atoms with Gasteiger partial charge >= 0.3 is 6.03 Å². The zero-order valence-electron chi connectivity index (χ0n) is 14.1. The van der Waals surface area contributed by atoms with E-state index in [2.05, 4.69) is 20.5 Å². The number of anilines is 1. The highest BCUT2D eigenvalue weighted by atomic mass is 16.5. The number of H-pyrrole nitrogens is 1. The van der Waals surface area contributed by atoms with Crippen LogP contribution in [0.4, 0.5) is 10.6 Å². The number of nitrogens with one attached hydrogen (secondary N) is 2. The topological polar surface area (TPSA) is 83.1 Å². The minimum absolute atomic E-state index is 0.240. The van der Waals surface area contributed by atoms with E-state index in [1.54, 1.807) is 37.5 Å². The number of pyridine rings is 1. The van der Waals surface area contributed by atoms with E-state index in [-0.39, 0.29) is 6.03 Å². The van der Waals surface area contributed by atoms with Gasteiger partial charge in [-0.25, -0.2) is 4.79 Å². The smallest absolute Gasteiger partial charge is 0.323 e. The van der Waals surface area contributed by atoms with E-state index in [9.17, 15) is 4.79 Å². The summed E-state index contributed by atoms with van der Waals surface area (Å²) in [6.07, 6.45) is 3.41. The van der Waals surface area contributed by atoms with Gasteiger partial charge in [0.05, 0.1) is 12.8 Å². The van der Waals surface area contributed by atoms with Gasteiger partial charge in [0.15, 0.2) is 5.82 Å². The van der Waals surface area contributed by atoms with Gasteiger partial charge in [0.2, 0.25) is 0 Å². The summed E-state index contributed by atoms with van der Waals surface area (Å²) < 4.78 is 5.20. The highest BCUT2D eigenvalue weighted by molar-refractivity contribution is 5.88. The molecule has 0 radical (unpaired) electrons. The molecule has 0 saturated carbocycles. The average Bonchev–Trinajstić information content (AvgIpc) is 3.11. The molecule has 2 amide bonds. The minimum atomic E-state index is -0.240. The number of carbonyl (C=O) groups is 1. The molecule has 3 aromatic rings. The Balaban J connectivity index is 1.62. The second-order valence-corrected chi connectivity index (χ2v) is 5.54. The van der Waals surface area contributed by atoms with Crippen LogP contribution >= 0.6 is 0 Å². The predicted molar refractivity (Wildman–Crippen MR) is 95.3 cm³/mol. The van der Waals surface area contributed by atoms with Crippen LogP contribution in [0, 0.1) is 0 Å². The van der Waals surface area contributed by atoms with Gasteiger partial charge in [0, 0.05) is 37.6 Å². The third kappa shape index (κ3) is 4.14. The molecular formula is C18H19N5O2. The van der Waals surface area contributed by atoms with Crippen molar-refractivity contribution >= 4 is 11.8 Å². The second kappa shape index (κ2) is 7.48. The molecule has 2 heterocycles. The molecule has 25 heavy (non-hydrogen) atoms. The third-order valence-corrected chi connectivity index (χ3v) is 3.70. The second-order valence-electron chi connectivity index (χ2n) is 5.54. The summed E-state index contributed by atoms with van der Waals surface area (Å²) in [6.45, 7) is 0.463. The molecule has 0 atom stereocenters. The maximum atomic E-state index is 12.3. The normalized spacial score (nSPS) is 10.3. The Bertz CT molecular complexity index is 847. The van der Waals surface area contributed by atoms with Gasteiger partial charge in [-0.05, 0) is 29.8 Å². The summed E-state index contributed by atoms with van der Waals surface area (Å²) >= 11 is 0. The van der Waals surface area contributed by atoms with Gasteiger partial charge in [-0.1, -0.05) is 12.1 Å². The molecule has 1 aromatic carbocycles. The minimum Gasteiger partial charge on any atom is -0.497 e. The summed E-state index contributed by atoms with van der Waals surface area (Å²) in [6, 6.07) is 12.9. The molecule has 0 saturated heterocycles. The van der Waals surface area contributed by atoms with Crippen LogP contribution in [0.3, 0.4) is 0 Å². The Morgan fingerprint density at radius 1 is 1.24 bits per heavy atom. The fraction of sp³-hybridized carbons (Fsp3) is 0.167. The van der Waals surface area contributed by atoms with Crippen molar-refractivity contribution in [3.05, 3.63) is 60.4 Å². The average molecular weight is 337 g/mol. The highest BCUT2D eigenvalue weighted by Gasteiger charge is 2.12. The van der Waals surface area contributed by atoms with Gasteiger partial charge in [-0.15, -0.1) is 0 Å². The van der Waals surface area contributed by atoms with Crippen LogP contribution in [0.1, 0.15) is 5.56 Å². The molecule has 0 aliphatic rings. The molecule has 7 heteroatoms. The zero-order valence-corrected chi connectivity index (χ0v) is 14.1. The molecule has 0 aliphatic heterocycles. The number of nitrogens with zero attached hydrogens (tertiary/aromatic N) is 3. The first-order chi connectivity index (χ1) is 12.2. The van der Waals surface area contributed by atoms with E-state index in [1.807, 2.05) is 36.4 Å². The van der Waals surface area contributed by atoms with Crippen molar-refractivity contribution in [2.24, 2.45) is 0 Å². The van der Waals surface area contributed by atoms with Crippen molar-refractivity contribution in [3.63, 3.8) is 0 Å². The largest absolute Gasteiger partial charge is 0.497 e. The highest BCUT2D eigenvalue weighted by Crippen LogP contribution is 2.19. The predicted octanol–water partition coefficient (Wildman–Crippen LogP) is 3.14. The lowest BCUT2D eigenvalue weighted by molar-refractivity contribution is 0.220. The summed E-state index contributed by atoms with van der Waals surface area (Å²) in [4.78, 5) is 17.9. The molecule has 2 aromatic heterocycles. The first kappa shape index (κ1) is 16.5. The Morgan fingerprint density at radius 3 is 2.80 bits per heavy atom. The number of urea groups is 1.